The molecule has 1 aliphatic rings. The number of aliphatic carboxylic acids is 1. The van der Waals surface area contributed by atoms with Gasteiger partial charge in [0, 0.05) is 17.0 Å². The Balaban J connectivity index is 2.24. The molecular weight excluding hydrogens is 237 g/mol. The molecule has 0 amide bonds. The van der Waals surface area contributed by atoms with Gasteiger partial charge >= 0.3 is 5.97 Å². The summed E-state index contributed by atoms with van der Waals surface area (Å²) in [6.45, 7) is 0. The van der Waals surface area contributed by atoms with Gasteiger partial charge in [-0.15, -0.1) is 0 Å². The van der Waals surface area contributed by atoms with Gasteiger partial charge in [0.15, 0.2) is 0 Å². The second-order valence-electron chi connectivity index (χ2n) is 3.30. The van der Waals surface area contributed by atoms with Crippen LogP contribution in [0.25, 0.3) is 0 Å². The van der Waals surface area contributed by atoms with E-state index < -0.39 is 17.9 Å². The van der Waals surface area contributed by atoms with Crippen LogP contribution in [0.3, 0.4) is 0 Å². The molecule has 0 fully saturated rings. The third-order valence-electron chi connectivity index (χ3n) is 2.19. The molecule has 1 N–H and O–H groups in total. The molecular formula is C10H7ClFNO3. The first kappa shape index (κ1) is 10.9. The summed E-state index contributed by atoms with van der Waals surface area (Å²) in [5, 5.41) is 12.5. The van der Waals surface area contributed by atoms with Crippen molar-refractivity contribution in [3.05, 3.63) is 34.6 Å². The molecule has 1 heterocycles. The van der Waals surface area contributed by atoms with E-state index in [0.29, 0.717) is 0 Å². The molecule has 0 aliphatic carbocycles. The monoisotopic (exact) mass is 243 g/mol. The van der Waals surface area contributed by atoms with Gasteiger partial charge in [-0.2, -0.15) is 0 Å². The van der Waals surface area contributed by atoms with Crippen LogP contribution in [0.1, 0.15) is 12.0 Å². The van der Waals surface area contributed by atoms with Crippen LogP contribution in [0, 0.1) is 5.82 Å². The zero-order valence-electron chi connectivity index (χ0n) is 7.98. The quantitative estimate of drug-likeness (QED) is 0.865. The molecule has 1 aliphatic heterocycles. The minimum absolute atomic E-state index is 0.0495. The van der Waals surface area contributed by atoms with Crippen molar-refractivity contribution in [1.82, 2.24) is 0 Å². The van der Waals surface area contributed by atoms with Gasteiger partial charge < -0.3 is 9.94 Å². The molecule has 1 atom stereocenters. The Morgan fingerprint density at radius 2 is 2.38 bits per heavy atom. The van der Waals surface area contributed by atoms with E-state index >= 15 is 0 Å². The Kier molecular flexibility index (Phi) is 2.78. The number of nitrogens with zero attached hydrogens (tertiary/aromatic N) is 1. The van der Waals surface area contributed by atoms with Crippen LogP contribution in [0.2, 0.25) is 5.02 Å². The second-order valence-corrected chi connectivity index (χ2v) is 3.73. The zero-order chi connectivity index (χ0) is 11.7. The molecule has 1 unspecified atom stereocenters. The van der Waals surface area contributed by atoms with Crippen molar-refractivity contribution < 1.29 is 19.1 Å². The minimum Gasteiger partial charge on any atom is -0.478 e. The largest absolute Gasteiger partial charge is 0.478 e. The summed E-state index contributed by atoms with van der Waals surface area (Å²) >= 11 is 5.60. The molecule has 6 heteroatoms. The Bertz CT molecular complexity index is 475. The van der Waals surface area contributed by atoms with Gasteiger partial charge in [0.1, 0.15) is 5.82 Å². The molecule has 0 bridgehead atoms. The molecule has 1 aromatic carbocycles. The van der Waals surface area contributed by atoms with Crippen LogP contribution in [0.15, 0.2) is 23.4 Å². The Labute approximate surface area is 95.3 Å². The van der Waals surface area contributed by atoms with E-state index in [1.807, 2.05) is 0 Å². The maximum atomic E-state index is 13.5. The van der Waals surface area contributed by atoms with Crippen molar-refractivity contribution in [3.8, 4) is 0 Å². The lowest BCUT2D eigenvalue weighted by molar-refractivity contribution is -0.148. The van der Waals surface area contributed by atoms with Crippen LogP contribution >= 0.6 is 11.6 Å². The number of halogens is 2. The highest BCUT2D eigenvalue weighted by Crippen LogP contribution is 2.21. The minimum atomic E-state index is -1.12. The number of hydrogen-bond acceptors (Lipinski definition) is 3. The third kappa shape index (κ3) is 1.99. The average molecular weight is 244 g/mol. The highest BCUT2D eigenvalue weighted by atomic mass is 35.5. The summed E-state index contributed by atoms with van der Waals surface area (Å²) in [6.07, 6.45) is -0.987. The molecule has 2 rings (SSSR count). The smallest absolute Gasteiger partial charge is 0.348 e. The van der Waals surface area contributed by atoms with Gasteiger partial charge in [-0.1, -0.05) is 16.8 Å². The van der Waals surface area contributed by atoms with Gasteiger partial charge in [0.25, 0.3) is 0 Å². The van der Waals surface area contributed by atoms with Crippen molar-refractivity contribution >= 4 is 23.3 Å². The number of benzene rings is 1. The Morgan fingerprint density at radius 3 is 2.94 bits per heavy atom. The number of carboxylic acids is 1. The van der Waals surface area contributed by atoms with Crippen molar-refractivity contribution in [2.45, 2.75) is 12.5 Å². The Morgan fingerprint density at radius 1 is 1.62 bits per heavy atom. The van der Waals surface area contributed by atoms with E-state index in [1.54, 1.807) is 0 Å². The zero-order valence-corrected chi connectivity index (χ0v) is 8.74. The molecule has 1 aromatic rings. The van der Waals surface area contributed by atoms with E-state index in [-0.39, 0.29) is 22.7 Å². The standard InChI is InChI=1S/C10H7ClFNO3/c11-5-1-2-6(7(12)3-5)8-4-9(10(14)15)16-13-8/h1-3,9H,4H2,(H,14,15). The van der Waals surface area contributed by atoms with Gasteiger partial charge in [0.05, 0.1) is 5.71 Å². The van der Waals surface area contributed by atoms with Gasteiger partial charge in [-0.3, -0.25) is 0 Å². The summed E-state index contributed by atoms with van der Waals surface area (Å²) in [7, 11) is 0. The third-order valence-corrected chi connectivity index (χ3v) is 2.42. The fourth-order valence-electron chi connectivity index (χ4n) is 1.39. The fourth-order valence-corrected chi connectivity index (χ4v) is 1.55. The van der Waals surface area contributed by atoms with E-state index in [0.717, 1.165) is 6.07 Å². The van der Waals surface area contributed by atoms with Crippen molar-refractivity contribution in [2.75, 3.05) is 0 Å². The van der Waals surface area contributed by atoms with Crippen LogP contribution < -0.4 is 0 Å². The summed E-state index contributed by atoms with van der Waals surface area (Å²) < 4.78 is 13.5. The summed E-state index contributed by atoms with van der Waals surface area (Å²) in [5.74, 6) is -1.66. The molecule has 0 spiro atoms. The maximum Gasteiger partial charge on any atom is 0.348 e. The lowest BCUT2D eigenvalue weighted by atomic mass is 10.0. The molecule has 0 radical (unpaired) electrons. The maximum absolute atomic E-state index is 13.5. The van der Waals surface area contributed by atoms with Crippen LogP contribution in [-0.2, 0) is 9.63 Å². The van der Waals surface area contributed by atoms with Crippen LogP contribution in [0.4, 0.5) is 4.39 Å². The van der Waals surface area contributed by atoms with Gasteiger partial charge in [-0.05, 0) is 18.2 Å². The lowest BCUT2D eigenvalue weighted by Gasteiger charge is -2.02. The van der Waals surface area contributed by atoms with Crippen molar-refractivity contribution in [1.29, 1.82) is 0 Å². The van der Waals surface area contributed by atoms with Crippen LogP contribution in [0.5, 0.6) is 0 Å². The molecule has 16 heavy (non-hydrogen) atoms. The summed E-state index contributed by atoms with van der Waals surface area (Å²) in [4.78, 5) is 15.3. The first-order valence-electron chi connectivity index (χ1n) is 4.49. The molecule has 0 saturated carbocycles. The molecule has 4 nitrogen and oxygen atoms in total. The highest BCUT2D eigenvalue weighted by molar-refractivity contribution is 6.30. The first-order valence-corrected chi connectivity index (χ1v) is 4.86. The Hall–Kier alpha value is -1.62. The SMILES string of the molecule is O=C(O)C1CC(c2ccc(Cl)cc2F)=NO1. The second kappa shape index (κ2) is 4.09. The van der Waals surface area contributed by atoms with E-state index in [2.05, 4.69) is 9.99 Å². The van der Waals surface area contributed by atoms with Gasteiger partial charge in [0.2, 0.25) is 6.10 Å². The van der Waals surface area contributed by atoms with E-state index in [9.17, 15) is 9.18 Å². The number of hydrogen-bond donors (Lipinski definition) is 1. The van der Waals surface area contributed by atoms with Crippen molar-refractivity contribution in [2.24, 2.45) is 5.16 Å². The molecule has 0 saturated heterocycles. The number of carboxylic acid groups (broad SMARTS) is 1. The topological polar surface area (TPSA) is 58.9 Å². The normalized spacial score (nSPS) is 19.1. The first-order chi connectivity index (χ1) is 7.58. The predicted molar refractivity (Wildman–Crippen MR) is 55.1 cm³/mol. The average Bonchev–Trinajstić information content (AvgIpc) is 2.66. The van der Waals surface area contributed by atoms with E-state index in [1.165, 1.54) is 12.1 Å². The summed E-state index contributed by atoms with van der Waals surface area (Å²) in [5.41, 5.74) is 0.495. The van der Waals surface area contributed by atoms with Crippen molar-refractivity contribution in [3.63, 3.8) is 0 Å². The van der Waals surface area contributed by atoms with E-state index in [4.69, 9.17) is 16.7 Å². The molecule has 0 aromatic heterocycles. The number of rotatable bonds is 2. The molecule has 84 valence electrons. The number of carbonyl (C=O) groups is 1. The van der Waals surface area contributed by atoms with Gasteiger partial charge in [-0.25, -0.2) is 9.18 Å². The number of oxime groups is 1. The fraction of sp³-hybridized carbons (Fsp3) is 0.200. The summed E-state index contributed by atoms with van der Waals surface area (Å²) in [6, 6.07) is 4.11. The predicted octanol–water partition coefficient (Wildman–Crippen LogP) is 2.06. The van der Waals surface area contributed by atoms with Crippen LogP contribution in [-0.4, -0.2) is 22.9 Å². The lowest BCUT2D eigenvalue weighted by Crippen LogP contribution is -2.20. The highest BCUT2D eigenvalue weighted by Gasteiger charge is 2.29.